The van der Waals surface area contributed by atoms with E-state index < -0.39 is 16.1 Å². The number of hydrogen-bond donors (Lipinski definition) is 1. The predicted molar refractivity (Wildman–Crippen MR) is 77.6 cm³/mol. The highest BCUT2D eigenvalue weighted by molar-refractivity contribution is 7.91. The Morgan fingerprint density at radius 3 is 2.52 bits per heavy atom. The Morgan fingerprint density at radius 2 is 1.96 bits per heavy atom. The summed E-state index contributed by atoms with van der Waals surface area (Å²) in [7, 11) is -2.57. The molecule has 0 bridgehead atoms. The van der Waals surface area contributed by atoms with Gasteiger partial charge >= 0.3 is 6.36 Å². The van der Waals surface area contributed by atoms with Crippen molar-refractivity contribution in [1.29, 1.82) is 4.78 Å². The van der Waals surface area contributed by atoms with Crippen LogP contribution in [0.1, 0.15) is 11.3 Å². The van der Waals surface area contributed by atoms with Gasteiger partial charge in [-0.1, -0.05) is 17.3 Å². The first-order valence-electron chi connectivity index (χ1n) is 6.56. The minimum Gasteiger partial charge on any atom is -0.406 e. The first-order valence-corrected chi connectivity index (χ1v) is 8.69. The lowest BCUT2D eigenvalue weighted by Gasteiger charge is -2.09. The average molecular weight is 348 g/mol. The topological polar surface area (TPSA) is 80.9 Å². The minimum atomic E-state index is -4.71. The zero-order valence-corrected chi connectivity index (χ0v) is 13.0. The molecule has 2 rings (SSSR count). The van der Waals surface area contributed by atoms with Crippen LogP contribution in [0.3, 0.4) is 0 Å². The van der Waals surface area contributed by atoms with Crippen LogP contribution in [-0.4, -0.2) is 37.6 Å². The summed E-state index contributed by atoms with van der Waals surface area (Å²) in [6.45, 7) is 0.335. The SMILES string of the molecule is CS(=N)(=O)CCc1cn(Cc2ccc(OC(F)(F)F)cc2)nn1. The molecule has 1 N–H and O–H groups in total. The summed E-state index contributed by atoms with van der Waals surface area (Å²) in [6.07, 6.45) is -1.30. The maximum Gasteiger partial charge on any atom is 0.573 e. The summed E-state index contributed by atoms with van der Waals surface area (Å²) in [4.78, 5) is 0. The predicted octanol–water partition coefficient (Wildman–Crippen LogP) is 2.44. The van der Waals surface area contributed by atoms with E-state index in [1.54, 1.807) is 6.20 Å². The maximum absolute atomic E-state index is 12.1. The molecule has 6 nitrogen and oxygen atoms in total. The quantitative estimate of drug-likeness (QED) is 0.869. The lowest BCUT2D eigenvalue weighted by atomic mass is 10.2. The number of hydrogen-bond acceptors (Lipinski definition) is 5. The number of alkyl halides is 3. The molecule has 1 unspecified atom stereocenters. The fraction of sp³-hybridized carbons (Fsp3) is 0.385. The number of aryl methyl sites for hydroxylation is 1. The number of aromatic nitrogens is 3. The van der Waals surface area contributed by atoms with Crippen molar-refractivity contribution >= 4 is 9.73 Å². The number of rotatable bonds is 6. The van der Waals surface area contributed by atoms with E-state index in [4.69, 9.17) is 4.78 Å². The lowest BCUT2D eigenvalue weighted by Crippen LogP contribution is -2.17. The summed E-state index contributed by atoms with van der Waals surface area (Å²) in [6, 6.07) is 5.47. The van der Waals surface area contributed by atoms with E-state index in [2.05, 4.69) is 15.0 Å². The third-order valence-electron chi connectivity index (χ3n) is 2.84. The molecule has 0 spiro atoms. The van der Waals surface area contributed by atoms with Gasteiger partial charge < -0.3 is 4.74 Å². The van der Waals surface area contributed by atoms with Crippen molar-refractivity contribution in [2.45, 2.75) is 19.3 Å². The van der Waals surface area contributed by atoms with Gasteiger partial charge in [0.2, 0.25) is 0 Å². The lowest BCUT2D eigenvalue weighted by molar-refractivity contribution is -0.274. The van der Waals surface area contributed by atoms with Crippen molar-refractivity contribution in [2.75, 3.05) is 12.0 Å². The van der Waals surface area contributed by atoms with Gasteiger partial charge in [-0.2, -0.15) is 0 Å². The van der Waals surface area contributed by atoms with E-state index in [-0.39, 0.29) is 11.5 Å². The van der Waals surface area contributed by atoms with Crippen LogP contribution in [0, 0.1) is 4.78 Å². The second-order valence-corrected chi connectivity index (χ2v) is 7.48. The van der Waals surface area contributed by atoms with Crippen LogP contribution in [-0.2, 0) is 22.7 Å². The molecule has 2 aromatic rings. The van der Waals surface area contributed by atoms with Crippen LogP contribution >= 0.6 is 0 Å². The van der Waals surface area contributed by atoms with Gasteiger partial charge in [-0.25, -0.2) is 4.68 Å². The molecular weight excluding hydrogens is 333 g/mol. The molecule has 1 heterocycles. The molecule has 126 valence electrons. The smallest absolute Gasteiger partial charge is 0.406 e. The van der Waals surface area contributed by atoms with Crippen molar-refractivity contribution in [2.24, 2.45) is 0 Å². The molecular formula is C13H15F3N4O2S. The van der Waals surface area contributed by atoms with Crippen molar-refractivity contribution in [1.82, 2.24) is 15.0 Å². The fourth-order valence-corrected chi connectivity index (χ4v) is 2.41. The van der Waals surface area contributed by atoms with Gasteiger partial charge in [0.05, 0.1) is 12.2 Å². The highest BCUT2D eigenvalue weighted by atomic mass is 32.2. The Kier molecular flexibility index (Phi) is 4.93. The molecule has 0 aliphatic rings. The fourth-order valence-electron chi connectivity index (χ4n) is 1.81. The summed E-state index contributed by atoms with van der Waals surface area (Å²) in [5.41, 5.74) is 1.35. The molecule has 0 aliphatic carbocycles. The number of nitrogens with zero attached hydrogens (tertiary/aromatic N) is 3. The first-order chi connectivity index (χ1) is 10.6. The number of benzene rings is 1. The van der Waals surface area contributed by atoms with E-state index in [9.17, 15) is 17.4 Å². The molecule has 0 fully saturated rings. The molecule has 0 radical (unpaired) electrons. The van der Waals surface area contributed by atoms with Gasteiger partial charge in [0.15, 0.2) is 0 Å². The van der Waals surface area contributed by atoms with Crippen LogP contribution in [0.5, 0.6) is 5.75 Å². The van der Waals surface area contributed by atoms with Gasteiger partial charge in [-0.15, -0.1) is 18.3 Å². The summed E-state index contributed by atoms with van der Waals surface area (Å²) >= 11 is 0. The van der Waals surface area contributed by atoms with Crippen LogP contribution in [0.15, 0.2) is 30.5 Å². The summed E-state index contributed by atoms with van der Waals surface area (Å²) in [5, 5.41) is 7.81. The first kappa shape index (κ1) is 17.3. The van der Waals surface area contributed by atoms with Crippen molar-refractivity contribution in [3.05, 3.63) is 41.7 Å². The normalized spacial score (nSPS) is 14.4. The number of ether oxygens (including phenoxy) is 1. The van der Waals surface area contributed by atoms with Crippen LogP contribution in [0.25, 0.3) is 0 Å². The van der Waals surface area contributed by atoms with E-state index >= 15 is 0 Å². The van der Waals surface area contributed by atoms with E-state index in [1.165, 1.54) is 35.2 Å². The minimum absolute atomic E-state index is 0.204. The van der Waals surface area contributed by atoms with Crippen molar-refractivity contribution in [3.63, 3.8) is 0 Å². The standard InChI is InChI=1S/C13H15F3N4O2S/c1-23(17,21)7-6-11-9-20(19-18-11)8-10-2-4-12(5-3-10)22-13(14,15)16/h2-5,9,17H,6-8H2,1H3. The Balaban J connectivity index is 1.96. The number of nitrogens with one attached hydrogen (secondary N) is 1. The number of halogens is 3. The molecule has 10 heteroatoms. The second kappa shape index (κ2) is 6.57. The van der Waals surface area contributed by atoms with E-state index in [0.717, 1.165) is 5.56 Å². The molecule has 0 amide bonds. The molecule has 0 aliphatic heterocycles. The highest BCUT2D eigenvalue weighted by Crippen LogP contribution is 2.22. The van der Waals surface area contributed by atoms with Crippen LogP contribution < -0.4 is 4.74 Å². The Bertz CT molecular complexity index is 754. The van der Waals surface area contributed by atoms with Gasteiger partial charge in [0.25, 0.3) is 0 Å². The van der Waals surface area contributed by atoms with Gasteiger partial charge in [0.1, 0.15) is 5.75 Å². The zero-order valence-electron chi connectivity index (χ0n) is 12.2. The third-order valence-corrected chi connectivity index (χ3v) is 3.82. The highest BCUT2D eigenvalue weighted by Gasteiger charge is 2.30. The summed E-state index contributed by atoms with van der Waals surface area (Å²) in [5.74, 6) is -0.0801. The molecule has 23 heavy (non-hydrogen) atoms. The Labute approximate surface area is 131 Å². The average Bonchev–Trinajstić information content (AvgIpc) is 2.84. The maximum atomic E-state index is 12.1. The molecule has 1 atom stereocenters. The van der Waals surface area contributed by atoms with Crippen molar-refractivity contribution < 1.29 is 22.1 Å². The van der Waals surface area contributed by atoms with Crippen LogP contribution in [0.4, 0.5) is 13.2 Å². The monoisotopic (exact) mass is 348 g/mol. The van der Waals surface area contributed by atoms with Gasteiger partial charge in [-0.05, 0) is 17.7 Å². The molecule has 0 saturated heterocycles. The van der Waals surface area contributed by atoms with E-state index in [1.807, 2.05) is 0 Å². The van der Waals surface area contributed by atoms with Gasteiger partial charge in [-0.3, -0.25) is 8.99 Å². The van der Waals surface area contributed by atoms with Gasteiger partial charge in [0, 0.05) is 34.4 Å². The second-order valence-electron chi connectivity index (χ2n) is 5.06. The third kappa shape index (κ3) is 6.27. The van der Waals surface area contributed by atoms with E-state index in [0.29, 0.717) is 18.7 Å². The van der Waals surface area contributed by atoms with Crippen LogP contribution in [0.2, 0.25) is 0 Å². The van der Waals surface area contributed by atoms with Crippen molar-refractivity contribution in [3.8, 4) is 5.75 Å². The summed E-state index contributed by atoms with van der Waals surface area (Å²) < 4.78 is 60.2. The Morgan fingerprint density at radius 1 is 1.30 bits per heavy atom. The Hall–Kier alpha value is -2.10. The largest absolute Gasteiger partial charge is 0.573 e. The molecule has 1 aromatic heterocycles. The molecule has 1 aromatic carbocycles. The molecule has 0 saturated carbocycles. The zero-order chi connectivity index (χ0) is 17.1.